The molecule has 0 fully saturated rings. The summed E-state index contributed by atoms with van der Waals surface area (Å²) in [5.41, 5.74) is 5.44. The minimum absolute atomic E-state index is 0.705. The van der Waals surface area contributed by atoms with Crippen molar-refractivity contribution in [2.45, 2.75) is 13.8 Å². The second-order valence-electron chi connectivity index (χ2n) is 4.14. The smallest absolute Gasteiger partial charge is 0.166 e. The van der Waals surface area contributed by atoms with Crippen LogP contribution in [0.15, 0.2) is 30.3 Å². The highest BCUT2D eigenvalue weighted by Crippen LogP contribution is 2.25. The first kappa shape index (κ1) is 10.7. The molecular weight excluding hydrogens is 198 g/mol. The molecule has 0 aliphatic carbocycles. The molecular formula is C14H15NO. The number of aromatic nitrogens is 1. The SMILES string of the molecule is Cc1ccc(C)c(-c2ccc(C=O)n2C)c1. The van der Waals surface area contributed by atoms with Crippen molar-refractivity contribution in [1.29, 1.82) is 0 Å². The van der Waals surface area contributed by atoms with E-state index in [1.165, 1.54) is 16.7 Å². The number of benzene rings is 1. The average Bonchev–Trinajstić information content (AvgIpc) is 2.63. The minimum Gasteiger partial charge on any atom is -0.341 e. The number of aryl methyl sites for hydroxylation is 2. The van der Waals surface area contributed by atoms with Crippen LogP contribution in [0.25, 0.3) is 11.3 Å². The van der Waals surface area contributed by atoms with Crippen molar-refractivity contribution in [3.05, 3.63) is 47.2 Å². The average molecular weight is 213 g/mol. The van der Waals surface area contributed by atoms with Gasteiger partial charge in [-0.15, -0.1) is 0 Å². The maximum Gasteiger partial charge on any atom is 0.166 e. The highest BCUT2D eigenvalue weighted by atomic mass is 16.1. The van der Waals surface area contributed by atoms with Crippen molar-refractivity contribution in [3.8, 4) is 11.3 Å². The Morgan fingerprint density at radius 1 is 1.12 bits per heavy atom. The summed E-state index contributed by atoms with van der Waals surface area (Å²) in [7, 11) is 1.92. The molecule has 2 nitrogen and oxygen atoms in total. The van der Waals surface area contributed by atoms with Gasteiger partial charge in [0, 0.05) is 18.3 Å². The van der Waals surface area contributed by atoms with Crippen molar-refractivity contribution in [3.63, 3.8) is 0 Å². The fourth-order valence-electron chi connectivity index (χ4n) is 1.93. The van der Waals surface area contributed by atoms with E-state index in [1.54, 1.807) is 0 Å². The monoisotopic (exact) mass is 213 g/mol. The number of nitrogens with zero attached hydrogens (tertiary/aromatic N) is 1. The van der Waals surface area contributed by atoms with E-state index in [9.17, 15) is 4.79 Å². The summed E-state index contributed by atoms with van der Waals surface area (Å²) >= 11 is 0. The number of aldehydes is 1. The van der Waals surface area contributed by atoms with Gasteiger partial charge in [-0.1, -0.05) is 17.7 Å². The Morgan fingerprint density at radius 3 is 2.50 bits per heavy atom. The van der Waals surface area contributed by atoms with Gasteiger partial charge in [-0.05, 0) is 37.6 Å². The van der Waals surface area contributed by atoms with Crippen LogP contribution >= 0.6 is 0 Å². The zero-order valence-corrected chi connectivity index (χ0v) is 9.82. The van der Waals surface area contributed by atoms with Gasteiger partial charge in [0.05, 0.1) is 5.69 Å². The molecule has 16 heavy (non-hydrogen) atoms. The van der Waals surface area contributed by atoms with Gasteiger partial charge in [-0.2, -0.15) is 0 Å². The summed E-state index contributed by atoms with van der Waals surface area (Å²) in [6.45, 7) is 4.16. The summed E-state index contributed by atoms with van der Waals surface area (Å²) in [5, 5.41) is 0. The van der Waals surface area contributed by atoms with E-state index < -0.39 is 0 Å². The first-order chi connectivity index (χ1) is 7.63. The number of hydrogen-bond acceptors (Lipinski definition) is 1. The van der Waals surface area contributed by atoms with Crippen LogP contribution in [-0.4, -0.2) is 10.9 Å². The molecule has 1 aromatic heterocycles. The highest BCUT2D eigenvalue weighted by Gasteiger charge is 2.08. The van der Waals surface area contributed by atoms with Gasteiger partial charge in [0.1, 0.15) is 0 Å². The topological polar surface area (TPSA) is 22.0 Å². The molecule has 0 atom stereocenters. The molecule has 0 radical (unpaired) electrons. The third kappa shape index (κ3) is 1.67. The van der Waals surface area contributed by atoms with Crippen molar-refractivity contribution in [2.75, 3.05) is 0 Å². The molecule has 0 amide bonds. The Balaban J connectivity index is 2.62. The molecule has 2 aromatic rings. The summed E-state index contributed by atoms with van der Waals surface area (Å²) in [6.07, 6.45) is 0.884. The van der Waals surface area contributed by atoms with Crippen molar-refractivity contribution < 1.29 is 4.79 Å². The van der Waals surface area contributed by atoms with E-state index in [1.807, 2.05) is 23.7 Å². The minimum atomic E-state index is 0.705. The summed E-state index contributed by atoms with van der Waals surface area (Å²) in [4.78, 5) is 10.8. The maximum atomic E-state index is 10.8. The van der Waals surface area contributed by atoms with Crippen LogP contribution < -0.4 is 0 Å². The van der Waals surface area contributed by atoms with Crippen LogP contribution in [0.4, 0.5) is 0 Å². The van der Waals surface area contributed by atoms with E-state index in [0.29, 0.717) is 5.69 Å². The Kier molecular flexibility index (Phi) is 2.65. The van der Waals surface area contributed by atoms with Crippen LogP contribution in [0.5, 0.6) is 0 Å². The van der Waals surface area contributed by atoms with Gasteiger partial charge in [0.15, 0.2) is 6.29 Å². The molecule has 0 saturated heterocycles. The second kappa shape index (κ2) is 3.97. The number of carbonyl (C=O) groups is 1. The van der Waals surface area contributed by atoms with E-state index >= 15 is 0 Å². The zero-order valence-electron chi connectivity index (χ0n) is 9.82. The third-order valence-corrected chi connectivity index (χ3v) is 2.95. The Hall–Kier alpha value is -1.83. The first-order valence-electron chi connectivity index (χ1n) is 5.32. The molecule has 2 heteroatoms. The quantitative estimate of drug-likeness (QED) is 0.702. The standard InChI is InChI=1S/C14H15NO/c1-10-4-5-11(2)13(8-10)14-7-6-12(9-16)15(14)3/h4-9H,1-3H3. The molecule has 1 aromatic carbocycles. The highest BCUT2D eigenvalue weighted by molar-refractivity contribution is 5.77. The van der Waals surface area contributed by atoms with Crippen molar-refractivity contribution in [1.82, 2.24) is 4.57 Å². The van der Waals surface area contributed by atoms with Crippen LogP contribution in [-0.2, 0) is 7.05 Å². The molecule has 0 aliphatic heterocycles. The molecule has 0 bridgehead atoms. The zero-order chi connectivity index (χ0) is 11.7. The molecule has 2 rings (SSSR count). The lowest BCUT2D eigenvalue weighted by atomic mass is 10.0. The van der Waals surface area contributed by atoms with Crippen molar-refractivity contribution in [2.24, 2.45) is 7.05 Å². The molecule has 82 valence electrons. The molecule has 0 saturated carbocycles. The van der Waals surface area contributed by atoms with E-state index in [0.717, 1.165) is 12.0 Å². The van der Waals surface area contributed by atoms with Gasteiger partial charge in [0.2, 0.25) is 0 Å². The van der Waals surface area contributed by atoms with E-state index in [-0.39, 0.29) is 0 Å². The number of carbonyl (C=O) groups excluding carboxylic acids is 1. The lowest BCUT2D eigenvalue weighted by Crippen LogP contribution is -1.97. The third-order valence-electron chi connectivity index (χ3n) is 2.95. The van der Waals surface area contributed by atoms with Gasteiger partial charge in [0.25, 0.3) is 0 Å². The molecule has 0 unspecified atom stereocenters. The summed E-state index contributed by atoms with van der Waals surface area (Å²) < 4.78 is 1.93. The Morgan fingerprint density at radius 2 is 1.88 bits per heavy atom. The summed E-state index contributed by atoms with van der Waals surface area (Å²) in [6, 6.07) is 10.2. The van der Waals surface area contributed by atoms with Crippen LogP contribution in [0.2, 0.25) is 0 Å². The lowest BCUT2D eigenvalue weighted by Gasteiger charge is -2.09. The van der Waals surface area contributed by atoms with Gasteiger partial charge >= 0.3 is 0 Å². The van der Waals surface area contributed by atoms with E-state index in [4.69, 9.17) is 0 Å². The Labute approximate surface area is 95.5 Å². The molecule has 0 spiro atoms. The van der Waals surface area contributed by atoms with Crippen molar-refractivity contribution >= 4 is 6.29 Å². The Bertz CT molecular complexity index is 538. The van der Waals surface area contributed by atoms with Gasteiger partial charge < -0.3 is 4.57 Å². The second-order valence-corrected chi connectivity index (χ2v) is 4.14. The molecule has 1 heterocycles. The lowest BCUT2D eigenvalue weighted by molar-refractivity contribution is 0.111. The summed E-state index contributed by atoms with van der Waals surface area (Å²) in [5.74, 6) is 0. The van der Waals surface area contributed by atoms with Crippen LogP contribution in [0, 0.1) is 13.8 Å². The fraction of sp³-hybridized carbons (Fsp3) is 0.214. The van der Waals surface area contributed by atoms with Crippen LogP contribution in [0.1, 0.15) is 21.6 Å². The predicted octanol–water partition coefficient (Wildman–Crippen LogP) is 3.12. The normalized spacial score (nSPS) is 10.4. The maximum absolute atomic E-state index is 10.8. The van der Waals surface area contributed by atoms with Gasteiger partial charge in [-0.25, -0.2) is 0 Å². The van der Waals surface area contributed by atoms with Gasteiger partial charge in [-0.3, -0.25) is 4.79 Å². The largest absolute Gasteiger partial charge is 0.341 e. The predicted molar refractivity (Wildman–Crippen MR) is 65.7 cm³/mol. The molecule has 0 aliphatic rings. The number of hydrogen-bond donors (Lipinski definition) is 0. The first-order valence-corrected chi connectivity index (χ1v) is 5.32. The fourth-order valence-corrected chi connectivity index (χ4v) is 1.93. The van der Waals surface area contributed by atoms with E-state index in [2.05, 4.69) is 32.0 Å². The molecule has 0 N–H and O–H groups in total. The van der Waals surface area contributed by atoms with Crippen LogP contribution in [0.3, 0.4) is 0 Å². The number of rotatable bonds is 2.